The van der Waals surface area contributed by atoms with E-state index in [0.717, 1.165) is 11.3 Å². The van der Waals surface area contributed by atoms with Crippen LogP contribution in [-0.4, -0.2) is 51.8 Å². The van der Waals surface area contributed by atoms with Crippen LogP contribution in [-0.2, 0) is 23.3 Å². The van der Waals surface area contributed by atoms with Gasteiger partial charge in [-0.3, -0.25) is 14.7 Å². The maximum absolute atomic E-state index is 14.5. The first kappa shape index (κ1) is 38.6. The van der Waals surface area contributed by atoms with Gasteiger partial charge in [-0.15, -0.1) is 0 Å². The Hall–Kier alpha value is -5.66. The van der Waals surface area contributed by atoms with Crippen molar-refractivity contribution in [3.63, 3.8) is 0 Å². The molecule has 3 N–H and O–H groups in total. The van der Waals surface area contributed by atoms with Gasteiger partial charge in [-0.05, 0) is 66.9 Å². The van der Waals surface area contributed by atoms with Gasteiger partial charge in [0.05, 0.1) is 36.3 Å². The van der Waals surface area contributed by atoms with Crippen LogP contribution in [0.5, 0.6) is 11.5 Å². The maximum atomic E-state index is 14.5. The molecule has 2 aromatic heterocycles. The molecule has 0 unspecified atom stereocenters. The number of carbonyl (C=O) groups excluding carboxylic acids is 2. The van der Waals surface area contributed by atoms with Gasteiger partial charge in [0.1, 0.15) is 41.4 Å². The van der Waals surface area contributed by atoms with E-state index in [1.165, 1.54) is 29.9 Å². The minimum absolute atomic E-state index is 0.0583. The number of anilines is 1. The number of aryl methyl sites for hydroxylation is 2. The predicted octanol–water partition coefficient (Wildman–Crippen LogP) is 6.79. The Balaban J connectivity index is 1.33. The number of nitrogens with zero attached hydrogens (tertiary/aromatic N) is 3. The molecular formula is C39H41ClFN5O7. The highest BCUT2D eigenvalue weighted by Gasteiger charge is 2.22. The van der Waals surface area contributed by atoms with E-state index in [1.807, 2.05) is 26.8 Å². The van der Waals surface area contributed by atoms with E-state index in [0.29, 0.717) is 39.8 Å². The quantitative estimate of drug-likeness (QED) is 0.118. The lowest BCUT2D eigenvalue weighted by atomic mass is 9.92. The standard InChI is InChI=1S/C39H41ClFN5O7/c1-23-10-11-25(37(49)51-6)18-31(23)45-24(2)16-32(35(40)36(45)48)53-22-26-12-13-28(41)17-27(26)21-42-38(50)43-34-20-33(39(3,4)5)44-46(34)29-8-7-9-30(19-29)52-15-14-47/h7-13,16-20,47H,14-15,21-22H2,1-6H3,(H2,42,43,50). The molecule has 14 heteroatoms. The molecule has 0 spiro atoms. The van der Waals surface area contributed by atoms with Crippen LogP contribution in [0.15, 0.2) is 77.6 Å². The van der Waals surface area contributed by atoms with Crippen LogP contribution in [0.25, 0.3) is 11.4 Å². The molecule has 0 aliphatic carbocycles. The summed E-state index contributed by atoms with van der Waals surface area (Å²) in [6.45, 7) is 9.37. The van der Waals surface area contributed by atoms with Gasteiger partial charge in [0.2, 0.25) is 0 Å². The van der Waals surface area contributed by atoms with Gasteiger partial charge < -0.3 is 24.6 Å². The van der Waals surface area contributed by atoms with Gasteiger partial charge in [0.15, 0.2) is 0 Å². The van der Waals surface area contributed by atoms with Crippen LogP contribution in [0, 0.1) is 19.7 Å². The van der Waals surface area contributed by atoms with E-state index >= 15 is 0 Å². The molecule has 0 saturated heterocycles. The Labute approximate surface area is 311 Å². The average molecular weight is 746 g/mol. The van der Waals surface area contributed by atoms with Crippen molar-refractivity contribution < 1.29 is 33.3 Å². The van der Waals surface area contributed by atoms with Crippen molar-refractivity contribution in [2.45, 2.75) is 53.2 Å². The molecule has 0 aliphatic rings. The summed E-state index contributed by atoms with van der Waals surface area (Å²) >= 11 is 6.53. The van der Waals surface area contributed by atoms with Crippen molar-refractivity contribution in [3.05, 3.63) is 128 Å². The number of aromatic nitrogens is 3. The number of hydrogen-bond donors (Lipinski definition) is 3. The van der Waals surface area contributed by atoms with E-state index in [1.54, 1.807) is 67.1 Å². The third kappa shape index (κ3) is 9.05. The van der Waals surface area contributed by atoms with Gasteiger partial charge >= 0.3 is 12.0 Å². The van der Waals surface area contributed by atoms with Crippen LogP contribution in [0.1, 0.15) is 59.2 Å². The summed E-state index contributed by atoms with van der Waals surface area (Å²) in [4.78, 5) is 38.9. The zero-order valence-electron chi connectivity index (χ0n) is 30.3. The molecule has 0 fully saturated rings. The molecule has 0 bridgehead atoms. The Morgan fingerprint density at radius 2 is 1.75 bits per heavy atom. The molecule has 3 aromatic carbocycles. The van der Waals surface area contributed by atoms with Crippen LogP contribution in [0.2, 0.25) is 5.02 Å². The number of amides is 2. The number of benzene rings is 3. The van der Waals surface area contributed by atoms with Crippen LogP contribution in [0.4, 0.5) is 15.0 Å². The number of carbonyl (C=O) groups is 2. The number of rotatable bonds is 12. The molecule has 0 saturated carbocycles. The Bertz CT molecular complexity index is 2210. The SMILES string of the molecule is COC(=O)c1ccc(C)c(-n2c(C)cc(OCc3ccc(F)cc3CNC(=O)Nc3cc(C(C)(C)C)nn3-c3cccc(OCCO)c3)c(Cl)c2=O)c1. The van der Waals surface area contributed by atoms with Crippen LogP contribution >= 0.6 is 11.6 Å². The number of urea groups is 1. The first-order valence-corrected chi connectivity index (χ1v) is 17.1. The lowest BCUT2D eigenvalue weighted by molar-refractivity contribution is 0.0600. The highest BCUT2D eigenvalue weighted by Crippen LogP contribution is 2.29. The van der Waals surface area contributed by atoms with Gasteiger partial charge in [0.25, 0.3) is 5.56 Å². The van der Waals surface area contributed by atoms with E-state index in [2.05, 4.69) is 10.6 Å². The number of pyridine rings is 1. The molecule has 2 heterocycles. The maximum Gasteiger partial charge on any atom is 0.337 e. The van der Waals surface area contributed by atoms with Crippen molar-refractivity contribution in [3.8, 4) is 22.9 Å². The third-order valence-electron chi connectivity index (χ3n) is 8.30. The van der Waals surface area contributed by atoms with Crippen molar-refractivity contribution >= 4 is 29.4 Å². The molecule has 53 heavy (non-hydrogen) atoms. The molecular weight excluding hydrogens is 705 g/mol. The Morgan fingerprint density at radius 3 is 2.47 bits per heavy atom. The normalized spacial score (nSPS) is 11.3. The van der Waals surface area contributed by atoms with Gasteiger partial charge in [-0.2, -0.15) is 5.10 Å². The highest BCUT2D eigenvalue weighted by atomic mass is 35.5. The smallest absolute Gasteiger partial charge is 0.337 e. The summed E-state index contributed by atoms with van der Waals surface area (Å²) in [6, 6.07) is 18.9. The van der Waals surface area contributed by atoms with Crippen molar-refractivity contribution in [1.29, 1.82) is 0 Å². The fourth-order valence-corrected chi connectivity index (χ4v) is 5.67. The molecule has 5 aromatic rings. The highest BCUT2D eigenvalue weighted by molar-refractivity contribution is 6.31. The van der Waals surface area contributed by atoms with Crippen molar-refractivity contribution in [1.82, 2.24) is 19.7 Å². The fraction of sp³-hybridized carbons (Fsp3) is 0.282. The number of halogens is 2. The molecule has 2 amide bonds. The minimum atomic E-state index is -0.565. The summed E-state index contributed by atoms with van der Waals surface area (Å²) in [5.41, 5.74) is 3.43. The van der Waals surface area contributed by atoms with Crippen LogP contribution < -0.4 is 25.7 Å². The summed E-state index contributed by atoms with van der Waals surface area (Å²) in [5.74, 6) is -0.0243. The molecule has 5 rings (SSSR count). The van der Waals surface area contributed by atoms with Crippen molar-refractivity contribution in [2.75, 3.05) is 25.6 Å². The summed E-state index contributed by atoms with van der Waals surface area (Å²) < 4.78 is 33.8. The van der Waals surface area contributed by atoms with E-state index in [-0.39, 0.29) is 48.1 Å². The minimum Gasteiger partial charge on any atom is -0.491 e. The van der Waals surface area contributed by atoms with E-state index < -0.39 is 23.4 Å². The van der Waals surface area contributed by atoms with Gasteiger partial charge in [-0.1, -0.05) is 50.6 Å². The number of aliphatic hydroxyl groups is 1. The Kier molecular flexibility index (Phi) is 11.9. The van der Waals surface area contributed by atoms with E-state index in [4.69, 9.17) is 36.0 Å². The largest absolute Gasteiger partial charge is 0.491 e. The monoisotopic (exact) mass is 745 g/mol. The number of ether oxygens (including phenoxy) is 3. The first-order chi connectivity index (χ1) is 25.2. The lowest BCUT2D eigenvalue weighted by Crippen LogP contribution is -2.29. The number of hydrogen-bond acceptors (Lipinski definition) is 8. The van der Waals surface area contributed by atoms with Crippen LogP contribution in [0.3, 0.4) is 0 Å². The molecule has 12 nitrogen and oxygen atoms in total. The van der Waals surface area contributed by atoms with E-state index in [9.17, 15) is 18.8 Å². The zero-order chi connectivity index (χ0) is 38.4. The number of aliphatic hydroxyl groups excluding tert-OH is 1. The molecule has 0 atom stereocenters. The van der Waals surface area contributed by atoms with Gasteiger partial charge in [0, 0.05) is 35.9 Å². The average Bonchev–Trinajstić information content (AvgIpc) is 3.56. The second kappa shape index (κ2) is 16.3. The molecule has 0 aliphatic heterocycles. The summed E-state index contributed by atoms with van der Waals surface area (Å²) in [7, 11) is 1.28. The zero-order valence-corrected chi connectivity index (χ0v) is 31.0. The Morgan fingerprint density at radius 1 is 0.981 bits per heavy atom. The first-order valence-electron chi connectivity index (χ1n) is 16.7. The predicted molar refractivity (Wildman–Crippen MR) is 199 cm³/mol. The van der Waals surface area contributed by atoms with Gasteiger partial charge in [-0.25, -0.2) is 18.7 Å². The third-order valence-corrected chi connectivity index (χ3v) is 8.65. The number of nitrogens with one attached hydrogen (secondary N) is 2. The molecule has 278 valence electrons. The topological polar surface area (TPSA) is 146 Å². The number of methoxy groups -OCH3 is 1. The lowest BCUT2D eigenvalue weighted by Gasteiger charge is -2.17. The van der Waals surface area contributed by atoms with Crippen molar-refractivity contribution in [2.24, 2.45) is 0 Å². The second-order valence-electron chi connectivity index (χ2n) is 13.3. The molecule has 0 radical (unpaired) electrons. The number of esters is 1. The summed E-state index contributed by atoms with van der Waals surface area (Å²) in [6.07, 6.45) is 0. The fourth-order valence-electron chi connectivity index (χ4n) is 5.47. The summed E-state index contributed by atoms with van der Waals surface area (Å²) in [5, 5.41) is 19.3. The second-order valence-corrected chi connectivity index (χ2v) is 13.6.